The summed E-state index contributed by atoms with van der Waals surface area (Å²) in [6.07, 6.45) is 0.361. The van der Waals surface area contributed by atoms with Crippen LogP contribution in [0.25, 0.3) is 0 Å². The Morgan fingerprint density at radius 2 is 1.68 bits per heavy atom. The molecule has 0 aliphatic carbocycles. The van der Waals surface area contributed by atoms with Crippen molar-refractivity contribution in [2.24, 2.45) is 0 Å². The quantitative estimate of drug-likeness (QED) is 0.427. The first-order valence-corrected chi connectivity index (χ1v) is 9.91. The first-order valence-electron chi connectivity index (χ1n) is 8.92. The van der Waals surface area contributed by atoms with E-state index in [1.165, 1.54) is 4.90 Å². The number of carbonyl (C=O) groups is 1. The van der Waals surface area contributed by atoms with Gasteiger partial charge in [-0.1, -0.05) is 30.3 Å². The van der Waals surface area contributed by atoms with Gasteiger partial charge in [0.15, 0.2) is 0 Å². The van der Waals surface area contributed by atoms with Crippen LogP contribution in [0, 0.1) is 11.3 Å². The highest BCUT2D eigenvalue weighted by Gasteiger charge is 2.06. The van der Waals surface area contributed by atoms with Gasteiger partial charge in [-0.2, -0.15) is 5.26 Å². The third-order valence-corrected chi connectivity index (χ3v) is 4.95. The third kappa shape index (κ3) is 5.90. The van der Waals surface area contributed by atoms with E-state index < -0.39 is 0 Å². The summed E-state index contributed by atoms with van der Waals surface area (Å²) in [7, 11) is 0. The number of carbonyl (C=O) groups excluding carboxylic acids is 1. The molecule has 0 unspecified atom stereocenters. The lowest BCUT2D eigenvalue weighted by molar-refractivity contribution is 0.102. The van der Waals surface area contributed by atoms with Gasteiger partial charge in [0.25, 0.3) is 5.91 Å². The van der Waals surface area contributed by atoms with Gasteiger partial charge in [0.2, 0.25) is 0 Å². The lowest BCUT2D eigenvalue weighted by Gasteiger charge is -2.08. The topological polar surface area (TPSA) is 62.1 Å². The van der Waals surface area contributed by atoms with Crippen LogP contribution in [0.5, 0.6) is 5.75 Å². The second-order valence-electron chi connectivity index (χ2n) is 6.02. The normalized spacial score (nSPS) is 10.1. The molecule has 1 N–H and O–H groups in total. The van der Waals surface area contributed by atoms with Crippen molar-refractivity contribution in [2.75, 3.05) is 17.7 Å². The van der Waals surface area contributed by atoms with Crippen molar-refractivity contribution in [2.45, 2.75) is 11.3 Å². The van der Waals surface area contributed by atoms with Crippen LogP contribution in [-0.4, -0.2) is 18.3 Å². The van der Waals surface area contributed by atoms with E-state index in [0.29, 0.717) is 24.3 Å². The second kappa shape index (κ2) is 10.2. The Kier molecular flexibility index (Phi) is 7.11. The molecule has 0 aliphatic rings. The molecule has 1 amide bonds. The maximum atomic E-state index is 12.3. The van der Waals surface area contributed by atoms with Crippen molar-refractivity contribution in [3.63, 3.8) is 0 Å². The molecule has 3 aromatic rings. The average Bonchev–Trinajstić information content (AvgIpc) is 2.74. The van der Waals surface area contributed by atoms with Crippen LogP contribution in [-0.2, 0) is 6.42 Å². The summed E-state index contributed by atoms with van der Waals surface area (Å²) >= 11 is 1.75. The summed E-state index contributed by atoms with van der Waals surface area (Å²) < 4.78 is 5.74. The van der Waals surface area contributed by atoms with E-state index in [0.717, 1.165) is 17.1 Å². The van der Waals surface area contributed by atoms with E-state index in [2.05, 4.69) is 23.5 Å². The van der Waals surface area contributed by atoms with Crippen LogP contribution in [0.4, 0.5) is 5.69 Å². The van der Waals surface area contributed by atoms with Crippen LogP contribution >= 0.6 is 11.8 Å². The Morgan fingerprint density at radius 1 is 0.964 bits per heavy atom. The predicted octanol–water partition coefficient (Wildman–Crippen LogP) is 5.18. The Labute approximate surface area is 169 Å². The van der Waals surface area contributed by atoms with Crippen LogP contribution in [0.3, 0.4) is 0 Å². The Bertz CT molecular complexity index is 933. The van der Waals surface area contributed by atoms with Crippen molar-refractivity contribution in [1.82, 2.24) is 0 Å². The zero-order valence-electron chi connectivity index (χ0n) is 15.3. The molecule has 0 spiro atoms. The fraction of sp³-hybridized carbons (Fsp3) is 0.130. The summed E-state index contributed by atoms with van der Waals surface area (Å²) in [5, 5.41) is 11.5. The molecule has 0 radical (unpaired) electrons. The number of amides is 1. The maximum absolute atomic E-state index is 12.3. The minimum Gasteiger partial charge on any atom is -0.493 e. The van der Waals surface area contributed by atoms with Gasteiger partial charge < -0.3 is 10.1 Å². The first-order chi connectivity index (χ1) is 13.7. The highest BCUT2D eigenvalue weighted by molar-refractivity contribution is 7.99. The van der Waals surface area contributed by atoms with Gasteiger partial charge in [-0.25, -0.2) is 0 Å². The number of rotatable bonds is 8. The van der Waals surface area contributed by atoms with Gasteiger partial charge in [-0.05, 0) is 54.1 Å². The van der Waals surface area contributed by atoms with Crippen LogP contribution < -0.4 is 10.1 Å². The van der Waals surface area contributed by atoms with Gasteiger partial charge in [-0.15, -0.1) is 11.8 Å². The van der Waals surface area contributed by atoms with E-state index in [-0.39, 0.29) is 5.91 Å². The van der Waals surface area contributed by atoms with E-state index in [4.69, 9.17) is 10.00 Å². The van der Waals surface area contributed by atoms with Crippen molar-refractivity contribution >= 4 is 23.4 Å². The molecule has 140 valence electrons. The van der Waals surface area contributed by atoms with Crippen molar-refractivity contribution in [1.29, 1.82) is 5.26 Å². The Balaban J connectivity index is 1.46. The van der Waals surface area contributed by atoms with Crippen LogP contribution in [0.2, 0.25) is 0 Å². The Hall–Kier alpha value is -3.23. The van der Waals surface area contributed by atoms with Gasteiger partial charge in [0.05, 0.1) is 19.1 Å². The number of hydrogen-bond acceptors (Lipinski definition) is 4. The minimum atomic E-state index is -0.181. The minimum absolute atomic E-state index is 0.181. The molecular weight excluding hydrogens is 368 g/mol. The van der Waals surface area contributed by atoms with Gasteiger partial charge in [-0.3, -0.25) is 4.79 Å². The highest BCUT2D eigenvalue weighted by atomic mass is 32.2. The number of anilines is 1. The highest BCUT2D eigenvalue weighted by Crippen LogP contribution is 2.18. The standard InChI is InChI=1S/C23H20N2O2S/c24-15-14-18-6-10-20(11-7-18)25-23(26)19-8-12-21(13-9-19)27-16-17-28-22-4-2-1-3-5-22/h1-13H,14,16-17H2,(H,25,26). The van der Waals surface area contributed by atoms with E-state index in [1.807, 2.05) is 30.3 Å². The first kappa shape index (κ1) is 19.5. The van der Waals surface area contributed by atoms with E-state index >= 15 is 0 Å². The zero-order chi connectivity index (χ0) is 19.6. The smallest absolute Gasteiger partial charge is 0.255 e. The molecule has 5 heteroatoms. The maximum Gasteiger partial charge on any atom is 0.255 e. The van der Waals surface area contributed by atoms with Gasteiger partial charge in [0, 0.05) is 21.9 Å². The average molecular weight is 388 g/mol. The number of thioether (sulfide) groups is 1. The number of nitriles is 1. The zero-order valence-corrected chi connectivity index (χ0v) is 16.1. The number of ether oxygens (including phenoxy) is 1. The molecule has 0 saturated heterocycles. The molecule has 28 heavy (non-hydrogen) atoms. The summed E-state index contributed by atoms with van der Waals surface area (Å²) in [6.45, 7) is 0.597. The fourth-order valence-corrected chi connectivity index (χ4v) is 3.29. The molecule has 0 aliphatic heterocycles. The number of nitrogens with zero attached hydrogens (tertiary/aromatic N) is 1. The molecule has 0 fully saturated rings. The lowest BCUT2D eigenvalue weighted by atomic mass is 10.1. The third-order valence-electron chi connectivity index (χ3n) is 3.98. The van der Waals surface area contributed by atoms with E-state index in [9.17, 15) is 4.79 Å². The largest absolute Gasteiger partial charge is 0.493 e. The number of nitrogens with one attached hydrogen (secondary N) is 1. The molecule has 0 saturated carbocycles. The fourth-order valence-electron chi connectivity index (χ4n) is 2.54. The van der Waals surface area contributed by atoms with Crippen LogP contribution in [0.15, 0.2) is 83.8 Å². The second-order valence-corrected chi connectivity index (χ2v) is 7.19. The molecule has 4 nitrogen and oxygen atoms in total. The molecule has 0 heterocycles. The Morgan fingerprint density at radius 3 is 2.36 bits per heavy atom. The lowest BCUT2D eigenvalue weighted by Crippen LogP contribution is -2.11. The van der Waals surface area contributed by atoms with Crippen molar-refractivity contribution in [3.8, 4) is 11.8 Å². The summed E-state index contributed by atoms with van der Waals surface area (Å²) in [5.41, 5.74) is 2.18. The molecule has 0 aromatic heterocycles. The summed E-state index contributed by atoms with van der Waals surface area (Å²) in [6, 6.07) is 26.7. The number of hydrogen-bond donors (Lipinski definition) is 1. The van der Waals surface area contributed by atoms with Crippen LogP contribution in [0.1, 0.15) is 15.9 Å². The van der Waals surface area contributed by atoms with Gasteiger partial charge in [0.1, 0.15) is 5.75 Å². The van der Waals surface area contributed by atoms with Crippen molar-refractivity contribution in [3.05, 3.63) is 90.0 Å². The van der Waals surface area contributed by atoms with Crippen molar-refractivity contribution < 1.29 is 9.53 Å². The summed E-state index contributed by atoms with van der Waals surface area (Å²) in [5.74, 6) is 1.42. The predicted molar refractivity (Wildman–Crippen MR) is 113 cm³/mol. The van der Waals surface area contributed by atoms with Gasteiger partial charge >= 0.3 is 0 Å². The molecule has 3 aromatic carbocycles. The SMILES string of the molecule is N#CCc1ccc(NC(=O)c2ccc(OCCSc3ccccc3)cc2)cc1. The number of benzene rings is 3. The molecular formula is C23H20N2O2S. The summed E-state index contributed by atoms with van der Waals surface area (Å²) in [4.78, 5) is 13.6. The molecule has 3 rings (SSSR count). The monoisotopic (exact) mass is 388 g/mol. The molecule has 0 bridgehead atoms. The van der Waals surface area contributed by atoms with E-state index in [1.54, 1.807) is 48.2 Å². The molecule has 0 atom stereocenters.